The summed E-state index contributed by atoms with van der Waals surface area (Å²) in [5, 5.41) is 54.5. The number of para-hydroxylation sites is 1. The molecule has 2 aromatic carbocycles. The number of carboxylic acid groups (broad SMARTS) is 1. The summed E-state index contributed by atoms with van der Waals surface area (Å²) < 4.78 is 0. The Hall–Kier alpha value is -9.59. The zero-order chi connectivity index (χ0) is 73.5. The van der Waals surface area contributed by atoms with E-state index in [0.717, 1.165) is 18.7 Å². The highest BCUT2D eigenvalue weighted by Gasteiger charge is 2.39. The van der Waals surface area contributed by atoms with Gasteiger partial charge in [-0.15, -0.1) is 11.8 Å². The minimum absolute atomic E-state index is 0.00565. The van der Waals surface area contributed by atoms with Crippen molar-refractivity contribution in [3.63, 3.8) is 0 Å². The highest BCUT2D eigenvalue weighted by molar-refractivity contribution is 8.13. The first-order valence-electron chi connectivity index (χ1n) is 31.8. The van der Waals surface area contributed by atoms with Crippen molar-refractivity contribution in [2.45, 2.75) is 171 Å². The number of aliphatic hydroxyl groups excluding tert-OH is 1. The molecule has 0 radical (unpaired) electrons. The summed E-state index contributed by atoms with van der Waals surface area (Å²) in [5.74, 6) is -12.9. The van der Waals surface area contributed by atoms with E-state index in [0.29, 0.717) is 29.7 Å². The van der Waals surface area contributed by atoms with Gasteiger partial charge in [-0.2, -0.15) is 0 Å². The number of rotatable bonds is 44. The van der Waals surface area contributed by atoms with Crippen molar-refractivity contribution >= 4 is 111 Å². The summed E-state index contributed by atoms with van der Waals surface area (Å²) >= 11 is 2.16. The zero-order valence-corrected chi connectivity index (χ0v) is 56.8. The molecule has 1 saturated heterocycles. The molecule has 542 valence electrons. The highest BCUT2D eigenvalue weighted by Crippen LogP contribution is 2.37. The number of nitro benzene ring substituents is 1. The van der Waals surface area contributed by atoms with Gasteiger partial charge < -0.3 is 86.0 Å². The molecule has 4 rings (SSSR count). The molecule has 0 bridgehead atoms. The van der Waals surface area contributed by atoms with Gasteiger partial charge in [0.05, 0.1) is 42.4 Å². The number of hydrogen-bond acceptors (Lipinski definition) is 22. The van der Waals surface area contributed by atoms with Gasteiger partial charge in [0.25, 0.3) is 5.69 Å². The standard InChI is InChI=1S/C62H89N17O18S2/c1-33(2)24-45(62(95)99-23-21-50(83)69-34(3)54(66)87)76-55(88)39(15-10-11-22-63)71-58(91)42(25-36-12-6-5-7-13-36)73-59(92)43(26-37-28-67-31-68-37)74-60(93)44(27-52(85)86)75-56(89)41(18-20-49(65)82)72-61(94)53(35(4)80)77-57(90)40(17-19-48(64)81)70-51(84)29-78-32-98-30-47(78)38-14-8-9-16-46(38)79(96)97/h5-9,12-14,16,28,31,33-35,39-45,47,53,80H,10-11,15,17-27,29-30,32,63H2,1-4H3,(H2,64,81)(H2,65,82)(H2,66,87)(H,67,68)(H,69,83)(H,70,84)(H,71,91)(H,72,94)(H,73,92)(H,74,93)(H,75,89)(H,76,88)(H,77,90)(H,85,86)/t34-,35+,39-,40-,41-,42-,43-,44-,45-,47?,53-/m0/s1. The van der Waals surface area contributed by atoms with Crippen LogP contribution in [0.2, 0.25) is 0 Å². The minimum atomic E-state index is -2.09. The molecule has 12 amide bonds. The second kappa shape index (κ2) is 41.6. The zero-order valence-electron chi connectivity index (χ0n) is 55.2. The molecule has 1 fully saturated rings. The number of aromatic amines is 1. The molecule has 37 heteroatoms. The fraction of sp³-hybridized carbons (Fsp3) is 0.532. The van der Waals surface area contributed by atoms with Gasteiger partial charge in [-0.05, 0) is 70.4 Å². The van der Waals surface area contributed by atoms with Crippen LogP contribution in [0.15, 0.2) is 67.1 Å². The van der Waals surface area contributed by atoms with Crippen molar-refractivity contribution in [1.29, 1.82) is 0 Å². The molecule has 0 spiro atoms. The molecule has 20 N–H and O–H groups in total. The lowest BCUT2D eigenvalue weighted by atomic mass is 10.0. The van der Waals surface area contributed by atoms with E-state index in [-0.39, 0.29) is 61.2 Å². The predicted molar refractivity (Wildman–Crippen MR) is 360 cm³/mol. The van der Waals surface area contributed by atoms with E-state index in [1.807, 2.05) is 13.8 Å². The number of nitro groups is 1. The SMILES string of the molecule is CC(C)C[C@H](NC(=O)[C@H](CCCCN)NC(=O)[C@H](Cc1ccccc1)NC(=O)[C@H](Cc1cnc[nH]1)NC(=O)[C@H](CC(=O)O)NC(=O)[C@H](CCC(N)=O)NC(=O)[C@@H](NC(=O)[C@H](CCC(N)=O)NC(=O)CN1CSCC1c1ccccc1[N+](=O)[O-])[C@@H](C)O)C(=O)SCCC(=O)N[C@@H](C)C(N)=O. The van der Waals surface area contributed by atoms with Crippen LogP contribution < -0.4 is 70.8 Å². The van der Waals surface area contributed by atoms with Crippen LogP contribution in [0.1, 0.15) is 115 Å². The lowest BCUT2D eigenvalue weighted by molar-refractivity contribution is -0.385. The monoisotopic (exact) mass is 1420 g/mol. The Morgan fingerprint density at radius 3 is 1.76 bits per heavy atom. The number of nitrogens with zero attached hydrogens (tertiary/aromatic N) is 3. The number of carbonyl (C=O) groups is 14. The molecular weight excluding hydrogens is 1330 g/mol. The Balaban J connectivity index is 1.58. The van der Waals surface area contributed by atoms with Crippen LogP contribution in [-0.4, -0.2) is 203 Å². The maximum atomic E-state index is 14.7. The van der Waals surface area contributed by atoms with Crippen LogP contribution in [-0.2, 0) is 80.0 Å². The number of carbonyl (C=O) groups excluding carboxylic acids is 13. The number of unbranched alkanes of at least 4 members (excludes halogenated alkanes) is 1. The van der Waals surface area contributed by atoms with Crippen LogP contribution >= 0.6 is 23.5 Å². The Labute approximate surface area is 578 Å². The average molecular weight is 1420 g/mol. The first-order chi connectivity index (χ1) is 46.9. The molecule has 11 atom stereocenters. The Morgan fingerprint density at radius 1 is 0.657 bits per heavy atom. The van der Waals surface area contributed by atoms with Gasteiger partial charge in [0, 0.05) is 73.0 Å². The Bertz CT molecular complexity index is 3310. The number of H-pyrrole nitrogens is 1. The van der Waals surface area contributed by atoms with Gasteiger partial charge in [0.2, 0.25) is 76.0 Å². The van der Waals surface area contributed by atoms with Crippen molar-refractivity contribution in [3.05, 3.63) is 94.1 Å². The molecular formula is C62H89N17O18S2. The van der Waals surface area contributed by atoms with Crippen molar-refractivity contribution in [2.24, 2.45) is 28.9 Å². The molecule has 1 aromatic heterocycles. The molecule has 0 aliphatic carbocycles. The van der Waals surface area contributed by atoms with Gasteiger partial charge in [-0.1, -0.05) is 74.1 Å². The summed E-state index contributed by atoms with van der Waals surface area (Å²) in [5.41, 5.74) is 22.7. The lowest BCUT2D eigenvalue weighted by Gasteiger charge is -2.28. The maximum absolute atomic E-state index is 14.7. The third kappa shape index (κ3) is 28.8. The van der Waals surface area contributed by atoms with Crippen LogP contribution in [0.4, 0.5) is 5.69 Å². The number of carboxylic acids is 1. The van der Waals surface area contributed by atoms with E-state index in [9.17, 15) is 87.5 Å². The summed E-state index contributed by atoms with van der Waals surface area (Å²) in [6, 6.07) is -0.483. The lowest BCUT2D eigenvalue weighted by Crippen LogP contribution is -2.62. The number of aliphatic carboxylic acids is 1. The van der Waals surface area contributed by atoms with E-state index in [1.54, 1.807) is 47.4 Å². The van der Waals surface area contributed by atoms with Crippen molar-refractivity contribution in [3.8, 4) is 0 Å². The summed E-state index contributed by atoms with van der Waals surface area (Å²) in [6.07, 6.45) is -2.47. The molecule has 1 aliphatic heterocycles. The van der Waals surface area contributed by atoms with Crippen LogP contribution in [0.3, 0.4) is 0 Å². The molecule has 2 heterocycles. The van der Waals surface area contributed by atoms with E-state index in [1.165, 1.54) is 43.3 Å². The van der Waals surface area contributed by atoms with Gasteiger partial charge in [-0.3, -0.25) is 82.1 Å². The van der Waals surface area contributed by atoms with Crippen molar-refractivity contribution in [1.82, 2.24) is 62.7 Å². The molecule has 1 unspecified atom stereocenters. The first kappa shape index (κ1) is 81.8. The topological polar surface area (TPSA) is 567 Å². The molecule has 35 nitrogen and oxygen atoms in total. The summed E-state index contributed by atoms with van der Waals surface area (Å²) in [6.45, 7) is 5.92. The number of imidazole rings is 1. The highest BCUT2D eigenvalue weighted by atomic mass is 32.2. The normalized spacial score (nSPS) is 15.8. The fourth-order valence-corrected chi connectivity index (χ4v) is 12.2. The Morgan fingerprint density at radius 2 is 1.19 bits per heavy atom. The number of thioether (sulfide) groups is 2. The number of nitrogens with one attached hydrogen (secondary N) is 10. The molecule has 0 saturated carbocycles. The predicted octanol–water partition coefficient (Wildman–Crippen LogP) is -3.07. The summed E-state index contributed by atoms with van der Waals surface area (Å²) in [4.78, 5) is 208. The van der Waals surface area contributed by atoms with E-state index in [4.69, 9.17) is 22.9 Å². The largest absolute Gasteiger partial charge is 0.481 e. The smallest absolute Gasteiger partial charge is 0.305 e. The number of hydrogen-bond donors (Lipinski definition) is 16. The maximum Gasteiger partial charge on any atom is 0.305 e. The first-order valence-corrected chi connectivity index (χ1v) is 33.9. The van der Waals surface area contributed by atoms with Crippen LogP contribution in [0, 0.1) is 16.0 Å². The third-order valence-electron chi connectivity index (χ3n) is 15.3. The second-order valence-electron chi connectivity index (χ2n) is 23.9. The van der Waals surface area contributed by atoms with E-state index < -0.39 is 198 Å². The number of nitrogens with two attached hydrogens (primary N) is 4. The number of aromatic nitrogens is 2. The average Bonchev–Trinajstić information content (AvgIpc) is 1.82. The van der Waals surface area contributed by atoms with Gasteiger partial charge >= 0.3 is 5.97 Å². The quantitative estimate of drug-likeness (QED) is 0.0152. The summed E-state index contributed by atoms with van der Waals surface area (Å²) in [7, 11) is 0. The second-order valence-corrected chi connectivity index (χ2v) is 26.0. The number of amides is 12. The molecule has 3 aromatic rings. The van der Waals surface area contributed by atoms with Gasteiger partial charge in [-0.25, -0.2) is 4.98 Å². The Kier molecular flexibility index (Phi) is 34.4. The fourth-order valence-electron chi connectivity index (χ4n) is 10.1. The number of primary amides is 3. The number of aliphatic hydroxyl groups is 1. The van der Waals surface area contributed by atoms with Crippen molar-refractivity contribution in [2.75, 3.05) is 30.5 Å². The van der Waals surface area contributed by atoms with Gasteiger partial charge in [0.1, 0.15) is 48.3 Å². The third-order valence-corrected chi connectivity index (χ3v) is 17.4. The number of benzene rings is 2. The minimum Gasteiger partial charge on any atom is -0.481 e. The van der Waals surface area contributed by atoms with Crippen LogP contribution in [0.25, 0.3) is 0 Å². The molecule has 99 heavy (non-hydrogen) atoms. The molecule has 1 aliphatic rings. The van der Waals surface area contributed by atoms with Crippen molar-refractivity contribution < 1.29 is 82.3 Å². The van der Waals surface area contributed by atoms with E-state index in [2.05, 4.69) is 57.8 Å². The van der Waals surface area contributed by atoms with Crippen LogP contribution in [0.5, 0.6) is 0 Å². The van der Waals surface area contributed by atoms with E-state index >= 15 is 0 Å². The van der Waals surface area contributed by atoms with Gasteiger partial charge in [0.15, 0.2) is 0 Å².